The van der Waals surface area contributed by atoms with Crippen molar-refractivity contribution in [1.82, 2.24) is 0 Å². The van der Waals surface area contributed by atoms with Crippen LogP contribution in [0.1, 0.15) is 50.7 Å². The summed E-state index contributed by atoms with van der Waals surface area (Å²) in [6.07, 6.45) is 5.05. The molecule has 0 amide bonds. The summed E-state index contributed by atoms with van der Waals surface area (Å²) in [5.41, 5.74) is 0.896. The fourth-order valence-electron chi connectivity index (χ4n) is 2.25. The van der Waals surface area contributed by atoms with Gasteiger partial charge in [0, 0.05) is 0 Å². The summed E-state index contributed by atoms with van der Waals surface area (Å²) < 4.78 is 12.0. The average Bonchev–Trinajstić information content (AvgIpc) is 2.43. The molecule has 4 heteroatoms. The Morgan fingerprint density at radius 3 is 2.79 bits per heavy atom. The predicted molar refractivity (Wildman–Crippen MR) is 78.9 cm³/mol. The van der Waals surface area contributed by atoms with E-state index in [0.717, 1.165) is 34.4 Å². The monoisotopic (exact) mass is 328 g/mol. The van der Waals surface area contributed by atoms with Crippen LogP contribution in [-0.4, -0.2) is 18.3 Å². The zero-order valence-corrected chi connectivity index (χ0v) is 12.9. The summed E-state index contributed by atoms with van der Waals surface area (Å²) >= 11 is 3.48. The third kappa shape index (κ3) is 3.86. The Labute approximate surface area is 123 Å². The van der Waals surface area contributed by atoms with Gasteiger partial charge >= 0.3 is 0 Å². The van der Waals surface area contributed by atoms with Gasteiger partial charge in [0.25, 0.3) is 0 Å². The first kappa shape index (κ1) is 14.7. The fourth-order valence-corrected chi connectivity index (χ4v) is 2.83. The highest BCUT2D eigenvalue weighted by atomic mass is 79.9. The lowest BCUT2D eigenvalue weighted by Gasteiger charge is -2.21. The highest BCUT2D eigenvalue weighted by Crippen LogP contribution is 2.40. The number of ether oxygens (including phenoxy) is 2. The molecule has 1 aromatic rings. The van der Waals surface area contributed by atoms with Crippen molar-refractivity contribution in [3.63, 3.8) is 0 Å². The lowest BCUT2D eigenvalue weighted by molar-refractivity contribution is 0.156. The number of rotatable bonds is 6. The number of aliphatic hydroxyl groups excluding tert-OH is 1. The number of aliphatic hydroxyl groups is 1. The molecule has 0 saturated heterocycles. The standard InChI is InChI=1S/C15H21BrO3/c1-2-3-4-5-6-13(17)11-9-12(16)15-14(10-11)18-7-8-19-15/h9-10,13,17H,2-8H2,1H3. The molecule has 2 rings (SSSR count). The molecular formula is C15H21BrO3. The van der Waals surface area contributed by atoms with Crippen molar-refractivity contribution in [2.45, 2.75) is 45.1 Å². The zero-order valence-electron chi connectivity index (χ0n) is 11.3. The lowest BCUT2D eigenvalue weighted by atomic mass is 10.0. The maximum atomic E-state index is 10.2. The van der Waals surface area contributed by atoms with Crippen LogP contribution in [0.15, 0.2) is 16.6 Å². The minimum atomic E-state index is -0.427. The first-order chi connectivity index (χ1) is 9.22. The van der Waals surface area contributed by atoms with Gasteiger partial charge in [0.05, 0.1) is 10.6 Å². The molecule has 106 valence electrons. The Balaban J connectivity index is 2.01. The van der Waals surface area contributed by atoms with Crippen molar-refractivity contribution in [3.8, 4) is 11.5 Å². The van der Waals surface area contributed by atoms with Crippen LogP contribution in [0, 0.1) is 0 Å². The fraction of sp³-hybridized carbons (Fsp3) is 0.600. The maximum absolute atomic E-state index is 10.2. The van der Waals surface area contributed by atoms with Crippen LogP contribution >= 0.6 is 15.9 Å². The summed E-state index contributed by atoms with van der Waals surface area (Å²) in [6.45, 7) is 3.33. The maximum Gasteiger partial charge on any atom is 0.175 e. The van der Waals surface area contributed by atoms with Gasteiger partial charge in [0.15, 0.2) is 11.5 Å². The SMILES string of the molecule is CCCCCCC(O)c1cc(Br)c2c(c1)OCCO2. The van der Waals surface area contributed by atoms with E-state index in [2.05, 4.69) is 22.9 Å². The van der Waals surface area contributed by atoms with Gasteiger partial charge in [-0.05, 0) is 40.0 Å². The van der Waals surface area contributed by atoms with Gasteiger partial charge in [-0.2, -0.15) is 0 Å². The molecule has 19 heavy (non-hydrogen) atoms. The average molecular weight is 329 g/mol. The molecule has 0 spiro atoms. The van der Waals surface area contributed by atoms with Crippen molar-refractivity contribution in [3.05, 3.63) is 22.2 Å². The number of benzene rings is 1. The minimum Gasteiger partial charge on any atom is -0.486 e. The van der Waals surface area contributed by atoms with E-state index >= 15 is 0 Å². The molecule has 0 bridgehead atoms. The van der Waals surface area contributed by atoms with Crippen LogP contribution in [0.5, 0.6) is 11.5 Å². The second-order valence-electron chi connectivity index (χ2n) is 4.89. The lowest BCUT2D eigenvalue weighted by Crippen LogP contribution is -2.16. The van der Waals surface area contributed by atoms with E-state index in [-0.39, 0.29) is 0 Å². The summed E-state index contributed by atoms with van der Waals surface area (Å²) in [5, 5.41) is 10.2. The summed E-state index contributed by atoms with van der Waals surface area (Å²) in [4.78, 5) is 0. The van der Waals surface area contributed by atoms with Crippen LogP contribution in [0.2, 0.25) is 0 Å². The van der Waals surface area contributed by atoms with E-state index in [0.29, 0.717) is 13.2 Å². The number of unbranched alkanes of at least 4 members (excludes halogenated alkanes) is 3. The molecule has 1 aromatic carbocycles. The Bertz CT molecular complexity index is 420. The summed E-state index contributed by atoms with van der Waals surface area (Å²) in [7, 11) is 0. The van der Waals surface area contributed by atoms with E-state index in [1.807, 2.05) is 12.1 Å². The van der Waals surface area contributed by atoms with Crippen molar-refractivity contribution in [1.29, 1.82) is 0 Å². The Morgan fingerprint density at radius 1 is 1.21 bits per heavy atom. The normalized spacial score (nSPS) is 15.3. The Hall–Kier alpha value is -0.740. The second-order valence-corrected chi connectivity index (χ2v) is 5.75. The van der Waals surface area contributed by atoms with Gasteiger partial charge in [0.1, 0.15) is 13.2 Å². The van der Waals surface area contributed by atoms with Crippen LogP contribution in [0.3, 0.4) is 0 Å². The van der Waals surface area contributed by atoms with Crippen molar-refractivity contribution < 1.29 is 14.6 Å². The van der Waals surface area contributed by atoms with E-state index in [1.165, 1.54) is 19.3 Å². The van der Waals surface area contributed by atoms with Gasteiger partial charge in [-0.3, -0.25) is 0 Å². The van der Waals surface area contributed by atoms with Gasteiger partial charge in [-0.25, -0.2) is 0 Å². The first-order valence-electron chi connectivity index (χ1n) is 6.99. The number of halogens is 1. The van der Waals surface area contributed by atoms with E-state index < -0.39 is 6.10 Å². The molecule has 0 aliphatic carbocycles. The highest BCUT2D eigenvalue weighted by Gasteiger charge is 2.19. The third-order valence-corrected chi connectivity index (χ3v) is 3.92. The van der Waals surface area contributed by atoms with Crippen molar-refractivity contribution in [2.75, 3.05) is 13.2 Å². The Morgan fingerprint density at radius 2 is 2.00 bits per heavy atom. The van der Waals surface area contributed by atoms with Crippen LogP contribution < -0.4 is 9.47 Å². The summed E-state index contributed by atoms with van der Waals surface area (Å²) in [6, 6.07) is 3.82. The zero-order chi connectivity index (χ0) is 13.7. The molecular weight excluding hydrogens is 308 g/mol. The van der Waals surface area contributed by atoms with E-state index in [9.17, 15) is 5.11 Å². The molecule has 1 N–H and O–H groups in total. The number of hydrogen-bond donors (Lipinski definition) is 1. The molecule has 0 saturated carbocycles. The number of hydrogen-bond acceptors (Lipinski definition) is 3. The molecule has 1 unspecified atom stereocenters. The molecule has 3 nitrogen and oxygen atoms in total. The number of fused-ring (bicyclic) bond motifs is 1. The molecule has 1 heterocycles. The van der Waals surface area contributed by atoms with Gasteiger partial charge in [0.2, 0.25) is 0 Å². The van der Waals surface area contributed by atoms with Crippen molar-refractivity contribution in [2.24, 2.45) is 0 Å². The molecule has 0 aromatic heterocycles. The van der Waals surface area contributed by atoms with E-state index in [1.54, 1.807) is 0 Å². The van der Waals surface area contributed by atoms with Gasteiger partial charge < -0.3 is 14.6 Å². The molecule has 1 aliphatic heterocycles. The quantitative estimate of drug-likeness (QED) is 0.794. The van der Waals surface area contributed by atoms with Crippen LogP contribution in [-0.2, 0) is 0 Å². The highest BCUT2D eigenvalue weighted by molar-refractivity contribution is 9.10. The topological polar surface area (TPSA) is 38.7 Å². The van der Waals surface area contributed by atoms with Crippen LogP contribution in [0.25, 0.3) is 0 Å². The van der Waals surface area contributed by atoms with Gasteiger partial charge in [-0.1, -0.05) is 32.6 Å². The first-order valence-corrected chi connectivity index (χ1v) is 7.78. The molecule has 1 atom stereocenters. The summed E-state index contributed by atoms with van der Waals surface area (Å²) in [5.74, 6) is 1.47. The minimum absolute atomic E-state index is 0.427. The van der Waals surface area contributed by atoms with Gasteiger partial charge in [-0.15, -0.1) is 0 Å². The van der Waals surface area contributed by atoms with Crippen LogP contribution in [0.4, 0.5) is 0 Å². The Kier molecular flexibility index (Phi) is 5.52. The molecule has 0 fully saturated rings. The molecule has 0 radical (unpaired) electrons. The largest absolute Gasteiger partial charge is 0.486 e. The van der Waals surface area contributed by atoms with E-state index in [4.69, 9.17) is 9.47 Å². The predicted octanol–water partition coefficient (Wildman–Crippen LogP) is 4.22. The molecule has 1 aliphatic rings. The second kappa shape index (κ2) is 7.15. The smallest absolute Gasteiger partial charge is 0.175 e. The third-order valence-electron chi connectivity index (χ3n) is 3.34. The van der Waals surface area contributed by atoms with Crippen molar-refractivity contribution >= 4 is 15.9 Å².